The van der Waals surface area contributed by atoms with Gasteiger partial charge in [-0.25, -0.2) is 8.42 Å². The third-order valence-corrected chi connectivity index (χ3v) is 6.17. The Labute approximate surface area is 98.9 Å². The highest BCUT2D eigenvalue weighted by atomic mass is 32.2. The fraction of sp³-hybridized carbons (Fsp3) is 1.00. The first kappa shape index (κ1) is 12.4. The molecule has 1 saturated carbocycles. The molecular weight excluding hydrogens is 222 g/mol. The Morgan fingerprint density at radius 2 is 1.88 bits per heavy atom. The van der Waals surface area contributed by atoms with E-state index in [0.29, 0.717) is 17.5 Å². The number of sulfone groups is 1. The molecule has 0 radical (unpaired) electrons. The van der Waals surface area contributed by atoms with E-state index in [0.717, 1.165) is 19.4 Å². The molecule has 0 unspecified atom stereocenters. The van der Waals surface area contributed by atoms with E-state index in [-0.39, 0.29) is 5.41 Å². The van der Waals surface area contributed by atoms with Gasteiger partial charge in [0.25, 0.3) is 0 Å². The summed E-state index contributed by atoms with van der Waals surface area (Å²) in [6.07, 6.45) is 7.03. The topological polar surface area (TPSA) is 46.2 Å². The van der Waals surface area contributed by atoms with E-state index in [1.165, 1.54) is 25.7 Å². The molecule has 94 valence electrons. The van der Waals surface area contributed by atoms with Crippen LogP contribution in [0.5, 0.6) is 0 Å². The van der Waals surface area contributed by atoms with Crippen molar-refractivity contribution in [3.63, 3.8) is 0 Å². The molecule has 1 spiro atoms. The van der Waals surface area contributed by atoms with E-state index < -0.39 is 9.84 Å². The minimum Gasteiger partial charge on any atom is -0.314 e. The van der Waals surface area contributed by atoms with Crippen molar-refractivity contribution in [1.29, 1.82) is 0 Å². The van der Waals surface area contributed by atoms with Gasteiger partial charge in [-0.1, -0.05) is 13.3 Å². The molecule has 0 aromatic carbocycles. The van der Waals surface area contributed by atoms with E-state index >= 15 is 0 Å². The molecule has 2 aliphatic rings. The van der Waals surface area contributed by atoms with Crippen LogP contribution < -0.4 is 5.32 Å². The van der Waals surface area contributed by atoms with Crippen molar-refractivity contribution in [2.75, 3.05) is 18.1 Å². The summed E-state index contributed by atoms with van der Waals surface area (Å²) in [7, 11) is -2.65. The SMILES string of the molecule is CCCCNC1CCC2(CC1)CS(=O)(=O)C2. The fourth-order valence-electron chi connectivity index (χ4n) is 3.10. The number of unbranched alkanes of at least 4 members (excludes halogenated alkanes) is 1. The maximum absolute atomic E-state index is 11.2. The molecule has 0 aromatic heterocycles. The van der Waals surface area contributed by atoms with Crippen LogP contribution in [0.3, 0.4) is 0 Å². The highest BCUT2D eigenvalue weighted by Gasteiger charge is 2.49. The number of nitrogens with one attached hydrogen (secondary N) is 1. The molecule has 1 heterocycles. The minimum absolute atomic E-state index is 0.182. The van der Waals surface area contributed by atoms with Crippen molar-refractivity contribution in [3.8, 4) is 0 Å². The Kier molecular flexibility index (Phi) is 3.59. The second-order valence-corrected chi connectivity index (χ2v) is 7.68. The molecule has 1 saturated heterocycles. The highest BCUT2D eigenvalue weighted by molar-refractivity contribution is 7.92. The second kappa shape index (κ2) is 4.65. The van der Waals surface area contributed by atoms with Gasteiger partial charge in [-0.15, -0.1) is 0 Å². The summed E-state index contributed by atoms with van der Waals surface area (Å²) >= 11 is 0. The summed E-state index contributed by atoms with van der Waals surface area (Å²) in [4.78, 5) is 0. The van der Waals surface area contributed by atoms with Crippen molar-refractivity contribution in [1.82, 2.24) is 5.32 Å². The van der Waals surface area contributed by atoms with Crippen LogP contribution in [-0.2, 0) is 9.84 Å². The smallest absolute Gasteiger partial charge is 0.151 e. The van der Waals surface area contributed by atoms with Crippen LogP contribution >= 0.6 is 0 Å². The molecule has 4 heteroatoms. The Bertz CT molecular complexity index is 315. The van der Waals surface area contributed by atoms with Gasteiger partial charge in [0.1, 0.15) is 0 Å². The van der Waals surface area contributed by atoms with Crippen LogP contribution in [0.25, 0.3) is 0 Å². The Morgan fingerprint density at radius 3 is 2.38 bits per heavy atom. The Balaban J connectivity index is 1.71. The van der Waals surface area contributed by atoms with Crippen LogP contribution in [0.15, 0.2) is 0 Å². The van der Waals surface area contributed by atoms with E-state index in [9.17, 15) is 8.42 Å². The van der Waals surface area contributed by atoms with E-state index in [1.807, 2.05) is 0 Å². The molecule has 1 aliphatic carbocycles. The van der Waals surface area contributed by atoms with Gasteiger partial charge in [-0.3, -0.25) is 0 Å². The zero-order valence-corrected chi connectivity index (χ0v) is 11.0. The Morgan fingerprint density at radius 1 is 1.25 bits per heavy atom. The van der Waals surface area contributed by atoms with Gasteiger partial charge in [-0.05, 0) is 44.1 Å². The lowest BCUT2D eigenvalue weighted by atomic mass is 9.74. The lowest BCUT2D eigenvalue weighted by Gasteiger charge is -2.46. The first-order valence-corrected chi connectivity index (χ1v) is 8.31. The van der Waals surface area contributed by atoms with Crippen molar-refractivity contribution >= 4 is 9.84 Å². The molecular formula is C12H23NO2S. The highest BCUT2D eigenvalue weighted by Crippen LogP contribution is 2.45. The predicted octanol–water partition coefficient (Wildman–Crippen LogP) is 1.73. The maximum Gasteiger partial charge on any atom is 0.151 e. The molecule has 2 rings (SSSR count). The molecule has 2 fully saturated rings. The van der Waals surface area contributed by atoms with Crippen LogP contribution in [-0.4, -0.2) is 32.5 Å². The molecule has 3 nitrogen and oxygen atoms in total. The van der Waals surface area contributed by atoms with Crippen LogP contribution in [0.4, 0.5) is 0 Å². The summed E-state index contributed by atoms with van der Waals surface area (Å²) in [5.41, 5.74) is 0.182. The van der Waals surface area contributed by atoms with Gasteiger partial charge in [0, 0.05) is 6.04 Å². The van der Waals surface area contributed by atoms with Crippen molar-refractivity contribution in [3.05, 3.63) is 0 Å². The van der Waals surface area contributed by atoms with E-state index in [2.05, 4.69) is 12.2 Å². The first-order valence-electron chi connectivity index (χ1n) is 6.49. The maximum atomic E-state index is 11.2. The van der Waals surface area contributed by atoms with Crippen molar-refractivity contribution in [2.24, 2.45) is 5.41 Å². The van der Waals surface area contributed by atoms with Gasteiger partial charge < -0.3 is 5.32 Å². The normalized spacial score (nSPS) is 27.8. The molecule has 0 bridgehead atoms. The van der Waals surface area contributed by atoms with Crippen LogP contribution in [0.1, 0.15) is 45.4 Å². The largest absolute Gasteiger partial charge is 0.314 e. The van der Waals surface area contributed by atoms with Gasteiger partial charge in [0.05, 0.1) is 11.5 Å². The molecule has 0 amide bonds. The van der Waals surface area contributed by atoms with Crippen molar-refractivity contribution in [2.45, 2.75) is 51.5 Å². The summed E-state index contributed by atoms with van der Waals surface area (Å²) < 4.78 is 22.5. The third kappa shape index (κ3) is 2.77. The Hall–Kier alpha value is -0.0900. The molecule has 1 aliphatic heterocycles. The monoisotopic (exact) mass is 245 g/mol. The van der Waals surface area contributed by atoms with Gasteiger partial charge in [0.15, 0.2) is 9.84 Å². The standard InChI is InChI=1S/C12H23NO2S/c1-2-3-8-13-11-4-6-12(7-5-11)9-16(14,15)10-12/h11,13H,2-10H2,1H3. The summed E-state index contributed by atoms with van der Waals surface area (Å²) in [6.45, 7) is 3.32. The fourth-order valence-corrected chi connectivity index (χ4v) is 5.46. The van der Waals surface area contributed by atoms with Gasteiger partial charge >= 0.3 is 0 Å². The summed E-state index contributed by atoms with van der Waals surface area (Å²) in [6, 6.07) is 0.639. The van der Waals surface area contributed by atoms with Gasteiger partial charge in [-0.2, -0.15) is 0 Å². The van der Waals surface area contributed by atoms with Crippen LogP contribution in [0.2, 0.25) is 0 Å². The zero-order valence-electron chi connectivity index (χ0n) is 10.2. The molecule has 1 N–H and O–H groups in total. The molecule has 16 heavy (non-hydrogen) atoms. The zero-order chi connectivity index (χ0) is 11.6. The predicted molar refractivity (Wildman–Crippen MR) is 66.3 cm³/mol. The van der Waals surface area contributed by atoms with Crippen molar-refractivity contribution < 1.29 is 8.42 Å². The number of hydrogen-bond donors (Lipinski definition) is 1. The summed E-state index contributed by atoms with van der Waals surface area (Å²) in [5.74, 6) is 0.920. The van der Waals surface area contributed by atoms with Gasteiger partial charge in [0.2, 0.25) is 0 Å². The summed E-state index contributed by atoms with van der Waals surface area (Å²) in [5, 5.41) is 3.58. The average Bonchev–Trinajstić information content (AvgIpc) is 2.19. The minimum atomic E-state index is -2.65. The quantitative estimate of drug-likeness (QED) is 0.767. The number of hydrogen-bond acceptors (Lipinski definition) is 3. The second-order valence-electron chi connectivity index (χ2n) is 5.61. The average molecular weight is 245 g/mol. The van der Waals surface area contributed by atoms with Crippen LogP contribution in [0, 0.1) is 5.41 Å². The van der Waals surface area contributed by atoms with E-state index in [4.69, 9.17) is 0 Å². The van der Waals surface area contributed by atoms with E-state index in [1.54, 1.807) is 0 Å². The lowest BCUT2D eigenvalue weighted by molar-refractivity contribution is 0.193. The first-order chi connectivity index (χ1) is 7.55. The lowest BCUT2D eigenvalue weighted by Crippen LogP contribution is -2.52. The third-order valence-electron chi connectivity index (χ3n) is 4.06. The number of rotatable bonds is 4. The molecule has 0 atom stereocenters. The molecule has 0 aromatic rings.